The van der Waals surface area contributed by atoms with Crippen molar-refractivity contribution in [2.45, 2.75) is 84.0 Å². The second kappa shape index (κ2) is 12.1. The molecule has 2 heteroatoms. The van der Waals surface area contributed by atoms with Crippen molar-refractivity contribution >= 4 is 39.0 Å². The highest BCUT2D eigenvalue weighted by Gasteiger charge is 2.42. The van der Waals surface area contributed by atoms with E-state index in [9.17, 15) is 0 Å². The summed E-state index contributed by atoms with van der Waals surface area (Å²) in [4.78, 5) is 2.55. The maximum atomic E-state index is 7.00. The average Bonchev–Trinajstić information content (AvgIpc) is 3.79. The van der Waals surface area contributed by atoms with Crippen molar-refractivity contribution < 1.29 is 4.42 Å². The van der Waals surface area contributed by atoms with E-state index in [0.29, 0.717) is 0 Å². The van der Waals surface area contributed by atoms with E-state index in [1.165, 1.54) is 72.3 Å². The highest BCUT2D eigenvalue weighted by atomic mass is 16.3. The van der Waals surface area contributed by atoms with E-state index in [4.69, 9.17) is 4.42 Å². The molecular weight excluding hydrogens is 691 g/mol. The van der Waals surface area contributed by atoms with Gasteiger partial charge in [0.2, 0.25) is 0 Å². The molecule has 0 spiro atoms. The monoisotopic (exact) mass is 741 g/mol. The van der Waals surface area contributed by atoms with Crippen LogP contribution in [-0.2, 0) is 21.7 Å². The van der Waals surface area contributed by atoms with Gasteiger partial charge in [0.25, 0.3) is 0 Å². The molecule has 7 aromatic carbocycles. The van der Waals surface area contributed by atoms with Gasteiger partial charge in [0.15, 0.2) is 0 Å². The second-order valence-corrected chi connectivity index (χ2v) is 19.1. The predicted octanol–water partition coefficient (Wildman–Crippen LogP) is 15.3. The summed E-state index contributed by atoms with van der Waals surface area (Å²) in [5.74, 6) is 0. The Morgan fingerprint density at radius 1 is 0.509 bits per heavy atom. The third kappa shape index (κ3) is 5.09. The number of hydrogen-bond acceptors (Lipinski definition) is 2. The number of fused-ring (bicyclic) bond motifs is 9. The van der Waals surface area contributed by atoms with Crippen molar-refractivity contribution in [3.8, 4) is 22.3 Å². The molecule has 0 atom stereocenters. The molecule has 1 aromatic heterocycles. The van der Waals surface area contributed by atoms with Gasteiger partial charge in [-0.15, -0.1) is 0 Å². The lowest BCUT2D eigenvalue weighted by molar-refractivity contribution is 0.559. The lowest BCUT2D eigenvalue weighted by Gasteiger charge is -2.34. The Morgan fingerprint density at radius 3 is 1.72 bits per heavy atom. The summed E-state index contributed by atoms with van der Waals surface area (Å²) in [5.41, 5.74) is 19.1. The van der Waals surface area contributed by atoms with Crippen molar-refractivity contribution in [3.05, 3.63) is 185 Å². The van der Waals surface area contributed by atoms with E-state index in [1.807, 2.05) is 0 Å². The summed E-state index contributed by atoms with van der Waals surface area (Å²) in [6.07, 6.45) is 0. The third-order valence-electron chi connectivity index (χ3n) is 13.2. The Kier molecular flexibility index (Phi) is 7.53. The normalized spacial score (nSPS) is 15.0. The number of anilines is 3. The van der Waals surface area contributed by atoms with Crippen LogP contribution >= 0.6 is 0 Å². The minimum absolute atomic E-state index is 0.0416. The first kappa shape index (κ1) is 35.5. The maximum Gasteiger partial charge on any atom is 0.139 e. The first-order chi connectivity index (χ1) is 27.2. The molecule has 0 bridgehead atoms. The lowest BCUT2D eigenvalue weighted by Crippen LogP contribution is -2.24. The highest BCUT2D eigenvalue weighted by molar-refractivity contribution is 6.15. The van der Waals surface area contributed by atoms with Crippen LogP contribution < -0.4 is 4.90 Å². The van der Waals surface area contributed by atoms with Gasteiger partial charge in [-0.2, -0.15) is 0 Å². The quantitative estimate of drug-likeness (QED) is 0.179. The van der Waals surface area contributed by atoms with Crippen LogP contribution in [0.15, 0.2) is 150 Å². The molecule has 2 aliphatic carbocycles. The molecule has 8 aromatic rings. The largest absolute Gasteiger partial charge is 0.456 e. The van der Waals surface area contributed by atoms with E-state index >= 15 is 0 Å². The van der Waals surface area contributed by atoms with E-state index in [0.717, 1.165) is 27.9 Å². The summed E-state index contributed by atoms with van der Waals surface area (Å²) in [5, 5.41) is 2.31. The maximum absolute atomic E-state index is 7.00. The van der Waals surface area contributed by atoms with Gasteiger partial charge in [0.05, 0.1) is 16.8 Å². The Morgan fingerprint density at radius 2 is 1.07 bits per heavy atom. The van der Waals surface area contributed by atoms with Crippen LogP contribution in [0, 0.1) is 0 Å². The fraction of sp³-hybridized carbons (Fsp3) is 0.236. The minimum Gasteiger partial charge on any atom is -0.456 e. The number of furan rings is 1. The molecule has 282 valence electrons. The van der Waals surface area contributed by atoms with E-state index in [-0.39, 0.29) is 21.7 Å². The van der Waals surface area contributed by atoms with Gasteiger partial charge in [0.1, 0.15) is 11.2 Å². The Labute approximate surface area is 337 Å². The number of hydrogen-bond donors (Lipinski definition) is 0. The lowest BCUT2D eigenvalue weighted by atomic mass is 9.74. The number of rotatable bonds is 4. The molecule has 57 heavy (non-hydrogen) atoms. The van der Waals surface area contributed by atoms with Crippen LogP contribution in [0.4, 0.5) is 17.1 Å². The first-order valence-corrected chi connectivity index (χ1v) is 20.5. The van der Waals surface area contributed by atoms with Crippen LogP contribution in [0.2, 0.25) is 0 Å². The zero-order valence-electron chi connectivity index (χ0n) is 34.7. The van der Waals surface area contributed by atoms with Crippen LogP contribution in [0.1, 0.15) is 101 Å². The average molecular weight is 742 g/mol. The van der Waals surface area contributed by atoms with Gasteiger partial charge in [-0.3, -0.25) is 0 Å². The molecule has 0 saturated heterocycles. The van der Waals surface area contributed by atoms with Gasteiger partial charge in [0, 0.05) is 27.5 Å². The molecule has 2 nitrogen and oxygen atoms in total. The van der Waals surface area contributed by atoms with Crippen molar-refractivity contribution in [1.29, 1.82) is 0 Å². The fourth-order valence-electron chi connectivity index (χ4n) is 10.2. The summed E-state index contributed by atoms with van der Waals surface area (Å²) in [7, 11) is 0. The zero-order valence-corrected chi connectivity index (χ0v) is 34.7. The smallest absolute Gasteiger partial charge is 0.139 e. The molecule has 10 rings (SSSR count). The molecule has 0 fully saturated rings. The van der Waals surface area contributed by atoms with Gasteiger partial charge in [-0.05, 0) is 110 Å². The topological polar surface area (TPSA) is 16.4 Å². The molecule has 2 aliphatic rings. The second-order valence-electron chi connectivity index (χ2n) is 19.1. The Hall–Kier alpha value is -5.86. The number of benzene rings is 7. The van der Waals surface area contributed by atoms with E-state index in [2.05, 4.69) is 213 Å². The van der Waals surface area contributed by atoms with Crippen LogP contribution in [0.3, 0.4) is 0 Å². The standard InChI is InChI=1S/C55H51NO/c1-52(2,3)35-32-41-49-46(28-18-30-48(49)57-51(41)45(33-35)53(4,5)6)56(47-29-17-24-40-39-23-10-13-25-42(39)54(7,8)50(40)47)36-20-16-19-34(31-36)55(9)43-26-14-11-21-37(43)38-22-12-15-27-44(38)55/h10-33H,1-9H3. The molecular formula is C55H51NO. The van der Waals surface area contributed by atoms with Crippen LogP contribution in [-0.4, -0.2) is 0 Å². The minimum atomic E-state index is -0.333. The molecule has 0 N–H and O–H groups in total. The first-order valence-electron chi connectivity index (χ1n) is 20.5. The molecule has 1 heterocycles. The van der Waals surface area contributed by atoms with Crippen molar-refractivity contribution in [1.82, 2.24) is 0 Å². The van der Waals surface area contributed by atoms with Gasteiger partial charge in [-0.25, -0.2) is 0 Å². The Balaban J connectivity index is 1.30. The molecule has 0 aliphatic heterocycles. The SMILES string of the molecule is CC(C)(C)c1cc(C(C)(C)C)c2oc3cccc(N(c4cccc(C5(C)c6ccccc6-c6ccccc65)c4)c4cccc5c4C(C)(C)c4ccccc4-5)c3c2c1. The van der Waals surface area contributed by atoms with Gasteiger partial charge < -0.3 is 9.32 Å². The van der Waals surface area contributed by atoms with Crippen molar-refractivity contribution in [2.75, 3.05) is 4.90 Å². The molecule has 0 radical (unpaired) electrons. The Bertz CT molecular complexity index is 2880. The molecule has 0 saturated carbocycles. The van der Waals surface area contributed by atoms with E-state index < -0.39 is 0 Å². The summed E-state index contributed by atoms with van der Waals surface area (Å²) < 4.78 is 7.00. The zero-order chi connectivity index (χ0) is 39.6. The number of nitrogens with zero attached hydrogens (tertiary/aromatic N) is 1. The van der Waals surface area contributed by atoms with Gasteiger partial charge in [-0.1, -0.05) is 165 Å². The fourth-order valence-corrected chi connectivity index (χ4v) is 10.2. The molecule has 0 unspecified atom stereocenters. The van der Waals surface area contributed by atoms with Gasteiger partial charge >= 0.3 is 0 Å². The van der Waals surface area contributed by atoms with Crippen molar-refractivity contribution in [3.63, 3.8) is 0 Å². The van der Waals surface area contributed by atoms with Crippen molar-refractivity contribution in [2.24, 2.45) is 0 Å². The van der Waals surface area contributed by atoms with Crippen LogP contribution in [0.5, 0.6) is 0 Å². The highest BCUT2D eigenvalue weighted by Crippen LogP contribution is 2.57. The predicted molar refractivity (Wildman–Crippen MR) is 241 cm³/mol. The van der Waals surface area contributed by atoms with Crippen LogP contribution in [0.25, 0.3) is 44.2 Å². The van der Waals surface area contributed by atoms with E-state index in [1.54, 1.807) is 0 Å². The summed E-state index contributed by atoms with van der Waals surface area (Å²) >= 11 is 0. The molecule has 0 amide bonds. The summed E-state index contributed by atoms with van der Waals surface area (Å²) in [6.45, 7) is 21.0. The third-order valence-corrected chi connectivity index (χ3v) is 13.2. The summed E-state index contributed by atoms with van der Waals surface area (Å²) in [6, 6.07) is 54.5.